The van der Waals surface area contributed by atoms with Gasteiger partial charge in [0, 0.05) is 13.6 Å². The lowest BCUT2D eigenvalue weighted by molar-refractivity contribution is 0.0957. The number of rotatable bonds is 3. The minimum atomic E-state index is -0.227. The summed E-state index contributed by atoms with van der Waals surface area (Å²) in [5.41, 5.74) is 0.505. The fraction of sp³-hybridized carbons (Fsp3) is 0.545. The van der Waals surface area contributed by atoms with Crippen LogP contribution in [0.15, 0.2) is 12.1 Å². The van der Waals surface area contributed by atoms with Crippen LogP contribution in [0, 0.1) is 5.41 Å². The molecule has 5 heteroatoms. The highest BCUT2D eigenvalue weighted by Crippen LogP contribution is 2.13. The molecule has 0 radical (unpaired) electrons. The summed E-state index contributed by atoms with van der Waals surface area (Å²) < 4.78 is 0. The predicted octanol–water partition coefficient (Wildman–Crippen LogP) is 1.29. The van der Waals surface area contributed by atoms with Gasteiger partial charge in [0.25, 0.3) is 5.91 Å². The molecule has 0 atom stereocenters. The molecule has 1 amide bonds. The lowest BCUT2D eigenvalue weighted by Gasteiger charge is -2.18. The zero-order valence-electron chi connectivity index (χ0n) is 10.2. The molecule has 2 N–H and O–H groups in total. The van der Waals surface area contributed by atoms with Gasteiger partial charge in [-0.3, -0.25) is 4.79 Å². The molecular weight excluding hydrogens is 204 g/mol. The van der Waals surface area contributed by atoms with Crippen molar-refractivity contribution in [2.45, 2.75) is 20.8 Å². The maximum Gasteiger partial charge on any atom is 0.271 e. The molecule has 0 aliphatic rings. The average molecular weight is 222 g/mol. The van der Waals surface area contributed by atoms with Gasteiger partial charge in [-0.1, -0.05) is 20.8 Å². The third-order valence-corrected chi connectivity index (χ3v) is 1.92. The molecule has 0 saturated carbocycles. The van der Waals surface area contributed by atoms with Crippen LogP contribution in [-0.2, 0) is 0 Å². The third-order valence-electron chi connectivity index (χ3n) is 1.92. The summed E-state index contributed by atoms with van der Waals surface area (Å²) in [7, 11) is 1.57. The van der Waals surface area contributed by atoms with Gasteiger partial charge in [0.15, 0.2) is 5.69 Å². The van der Waals surface area contributed by atoms with Crippen LogP contribution >= 0.6 is 0 Å². The van der Waals surface area contributed by atoms with Gasteiger partial charge >= 0.3 is 0 Å². The zero-order valence-corrected chi connectivity index (χ0v) is 10.2. The number of carbonyl (C=O) groups excluding carboxylic acids is 1. The molecule has 1 heterocycles. The van der Waals surface area contributed by atoms with Crippen molar-refractivity contribution in [2.24, 2.45) is 5.41 Å². The lowest BCUT2D eigenvalue weighted by Crippen LogP contribution is -2.21. The minimum Gasteiger partial charge on any atom is -0.368 e. The number of anilines is 1. The Morgan fingerprint density at radius 3 is 2.44 bits per heavy atom. The van der Waals surface area contributed by atoms with Crippen molar-refractivity contribution >= 4 is 11.7 Å². The van der Waals surface area contributed by atoms with Crippen molar-refractivity contribution in [2.75, 3.05) is 18.9 Å². The molecule has 0 aromatic carbocycles. The topological polar surface area (TPSA) is 66.9 Å². The van der Waals surface area contributed by atoms with Crippen molar-refractivity contribution in [1.29, 1.82) is 0 Å². The molecule has 1 rings (SSSR count). The van der Waals surface area contributed by atoms with Gasteiger partial charge in [-0.05, 0) is 17.5 Å². The van der Waals surface area contributed by atoms with Crippen molar-refractivity contribution < 1.29 is 4.79 Å². The Balaban J connectivity index is 2.62. The quantitative estimate of drug-likeness (QED) is 0.808. The fourth-order valence-corrected chi connectivity index (χ4v) is 1.03. The molecule has 0 bridgehead atoms. The number of carbonyl (C=O) groups is 1. The smallest absolute Gasteiger partial charge is 0.271 e. The zero-order chi connectivity index (χ0) is 12.2. The predicted molar refractivity (Wildman–Crippen MR) is 63.4 cm³/mol. The average Bonchev–Trinajstić information content (AvgIpc) is 2.25. The van der Waals surface area contributed by atoms with E-state index in [2.05, 4.69) is 41.6 Å². The van der Waals surface area contributed by atoms with Crippen LogP contribution in [0.1, 0.15) is 31.3 Å². The highest BCUT2D eigenvalue weighted by atomic mass is 16.1. The highest BCUT2D eigenvalue weighted by Gasteiger charge is 2.10. The molecule has 0 fully saturated rings. The number of hydrogen-bond acceptors (Lipinski definition) is 4. The first-order chi connectivity index (χ1) is 7.42. The van der Waals surface area contributed by atoms with E-state index in [-0.39, 0.29) is 11.3 Å². The van der Waals surface area contributed by atoms with Crippen LogP contribution in [0.25, 0.3) is 0 Å². The van der Waals surface area contributed by atoms with Gasteiger partial charge in [-0.25, -0.2) is 0 Å². The molecule has 0 aliphatic heterocycles. The molecule has 0 spiro atoms. The number of aromatic nitrogens is 2. The molecule has 5 nitrogen and oxygen atoms in total. The van der Waals surface area contributed by atoms with E-state index in [4.69, 9.17) is 0 Å². The molecule has 88 valence electrons. The van der Waals surface area contributed by atoms with Gasteiger partial charge in [0.05, 0.1) is 0 Å². The first-order valence-corrected chi connectivity index (χ1v) is 5.22. The second-order valence-corrected chi connectivity index (χ2v) is 4.80. The standard InChI is InChI=1S/C11H18N4O/c1-11(2,3)7-13-9-6-5-8(14-15-9)10(16)12-4/h5-6H,7H2,1-4H3,(H,12,16)(H,13,15). The number of amides is 1. The largest absolute Gasteiger partial charge is 0.368 e. The van der Waals surface area contributed by atoms with Crippen molar-refractivity contribution in [3.8, 4) is 0 Å². The van der Waals surface area contributed by atoms with Gasteiger partial charge < -0.3 is 10.6 Å². The summed E-state index contributed by atoms with van der Waals surface area (Å²) in [6, 6.07) is 3.40. The van der Waals surface area contributed by atoms with Gasteiger partial charge in [-0.2, -0.15) is 0 Å². The van der Waals surface area contributed by atoms with Crippen molar-refractivity contribution in [3.63, 3.8) is 0 Å². The maximum absolute atomic E-state index is 11.2. The van der Waals surface area contributed by atoms with E-state index < -0.39 is 0 Å². The first-order valence-electron chi connectivity index (χ1n) is 5.22. The van der Waals surface area contributed by atoms with E-state index in [0.717, 1.165) is 6.54 Å². The Labute approximate surface area is 95.7 Å². The summed E-state index contributed by atoms with van der Waals surface area (Å²) in [5, 5.41) is 13.4. The van der Waals surface area contributed by atoms with Crippen LogP contribution in [0.2, 0.25) is 0 Å². The van der Waals surface area contributed by atoms with Crippen LogP contribution < -0.4 is 10.6 Å². The molecule has 16 heavy (non-hydrogen) atoms. The monoisotopic (exact) mass is 222 g/mol. The van der Waals surface area contributed by atoms with Gasteiger partial charge in [-0.15, -0.1) is 10.2 Å². The van der Waals surface area contributed by atoms with E-state index in [1.807, 2.05) is 0 Å². The summed E-state index contributed by atoms with van der Waals surface area (Å²) in [5.74, 6) is 0.456. The second kappa shape index (κ2) is 4.92. The van der Waals surface area contributed by atoms with Gasteiger partial charge in [0.2, 0.25) is 0 Å². The second-order valence-electron chi connectivity index (χ2n) is 4.80. The normalized spacial score (nSPS) is 11.0. The van der Waals surface area contributed by atoms with Crippen LogP contribution in [-0.4, -0.2) is 29.7 Å². The summed E-state index contributed by atoms with van der Waals surface area (Å²) in [4.78, 5) is 11.2. The van der Waals surface area contributed by atoms with Crippen LogP contribution in [0.3, 0.4) is 0 Å². The van der Waals surface area contributed by atoms with Crippen molar-refractivity contribution in [1.82, 2.24) is 15.5 Å². The fourth-order valence-electron chi connectivity index (χ4n) is 1.03. The molecule has 0 aliphatic carbocycles. The van der Waals surface area contributed by atoms with Crippen LogP contribution in [0.4, 0.5) is 5.82 Å². The highest BCUT2D eigenvalue weighted by molar-refractivity contribution is 5.91. The Morgan fingerprint density at radius 2 is 2.00 bits per heavy atom. The Kier molecular flexibility index (Phi) is 3.82. The molecular formula is C11H18N4O. The molecule has 0 saturated heterocycles. The van der Waals surface area contributed by atoms with Crippen molar-refractivity contribution in [3.05, 3.63) is 17.8 Å². The summed E-state index contributed by atoms with van der Waals surface area (Å²) in [6.07, 6.45) is 0. The lowest BCUT2D eigenvalue weighted by atomic mass is 9.97. The number of hydrogen-bond donors (Lipinski definition) is 2. The minimum absolute atomic E-state index is 0.182. The van der Waals surface area contributed by atoms with E-state index in [1.54, 1.807) is 19.2 Å². The molecule has 0 unspecified atom stereocenters. The van der Waals surface area contributed by atoms with Crippen LogP contribution in [0.5, 0.6) is 0 Å². The summed E-state index contributed by atoms with van der Waals surface area (Å²) >= 11 is 0. The molecule has 1 aromatic heterocycles. The van der Waals surface area contributed by atoms with E-state index >= 15 is 0 Å². The SMILES string of the molecule is CNC(=O)c1ccc(NCC(C)(C)C)nn1. The third kappa shape index (κ3) is 3.84. The number of nitrogens with zero attached hydrogens (tertiary/aromatic N) is 2. The first kappa shape index (κ1) is 12.4. The van der Waals surface area contributed by atoms with E-state index in [1.165, 1.54) is 0 Å². The Hall–Kier alpha value is -1.65. The summed E-state index contributed by atoms with van der Waals surface area (Å²) in [6.45, 7) is 7.20. The van der Waals surface area contributed by atoms with E-state index in [0.29, 0.717) is 11.5 Å². The van der Waals surface area contributed by atoms with Gasteiger partial charge in [0.1, 0.15) is 5.82 Å². The Bertz CT molecular complexity index is 353. The maximum atomic E-state index is 11.2. The molecule has 1 aromatic rings. The Morgan fingerprint density at radius 1 is 1.31 bits per heavy atom. The van der Waals surface area contributed by atoms with E-state index in [9.17, 15) is 4.79 Å². The number of nitrogens with one attached hydrogen (secondary N) is 2.